The van der Waals surface area contributed by atoms with Crippen molar-refractivity contribution in [2.24, 2.45) is 16.8 Å². The third-order valence-electron chi connectivity index (χ3n) is 7.66. The van der Waals surface area contributed by atoms with Crippen molar-refractivity contribution < 1.29 is 4.79 Å². The zero-order valence-corrected chi connectivity index (χ0v) is 26.0. The molecule has 0 heterocycles. The molecule has 6 heteroatoms. The second-order valence-corrected chi connectivity index (χ2v) is 10.6. The number of benzene rings is 3. The van der Waals surface area contributed by atoms with E-state index in [0.29, 0.717) is 5.92 Å². The highest BCUT2D eigenvalue weighted by Crippen LogP contribution is 2.33. The topological polar surface area (TPSA) is 74.0 Å². The fourth-order valence-electron chi connectivity index (χ4n) is 5.42. The molecule has 43 heavy (non-hydrogen) atoms. The Morgan fingerprint density at radius 3 is 2.23 bits per heavy atom. The van der Waals surface area contributed by atoms with Gasteiger partial charge in [0.05, 0.1) is 24.5 Å². The number of hydrazone groups is 1. The van der Waals surface area contributed by atoms with E-state index in [1.807, 2.05) is 18.2 Å². The Balaban J connectivity index is 0.000000765. The highest BCUT2D eigenvalue weighted by molar-refractivity contribution is 6.06. The number of para-hydroxylation sites is 1. The molecular formula is C37H47N5O. The number of nitrogens with zero attached hydrogens (tertiary/aromatic N) is 3. The minimum absolute atomic E-state index is 0.0799. The fourth-order valence-corrected chi connectivity index (χ4v) is 5.42. The maximum atomic E-state index is 9.94. The molecule has 0 saturated heterocycles. The Morgan fingerprint density at radius 2 is 1.60 bits per heavy atom. The van der Waals surface area contributed by atoms with Crippen LogP contribution in [0.25, 0.3) is 11.1 Å². The SMILES string of the molecule is C=C/C=C(\C=C)N(C)c1ccccc1/C(=N\N(C)Cc1ccccc1-c1ccccc1)C1CCCCC1.CNC(=O)CN. The van der Waals surface area contributed by atoms with Gasteiger partial charge in [-0.25, -0.2) is 0 Å². The number of hydrogen-bond acceptors (Lipinski definition) is 5. The highest BCUT2D eigenvalue weighted by Gasteiger charge is 2.25. The van der Waals surface area contributed by atoms with E-state index in [1.165, 1.54) is 60.1 Å². The molecule has 0 unspecified atom stereocenters. The molecule has 0 spiro atoms. The summed E-state index contributed by atoms with van der Waals surface area (Å²) in [7, 11) is 5.74. The lowest BCUT2D eigenvalue weighted by molar-refractivity contribution is -0.119. The van der Waals surface area contributed by atoms with Gasteiger partial charge in [0.25, 0.3) is 0 Å². The van der Waals surface area contributed by atoms with Gasteiger partial charge in [-0.1, -0.05) is 111 Å². The average Bonchev–Trinajstić information content (AvgIpc) is 3.06. The molecule has 1 fully saturated rings. The summed E-state index contributed by atoms with van der Waals surface area (Å²) in [6, 6.07) is 27.9. The summed E-state index contributed by atoms with van der Waals surface area (Å²) in [4.78, 5) is 12.1. The normalized spacial score (nSPS) is 13.8. The van der Waals surface area contributed by atoms with E-state index < -0.39 is 0 Å². The number of nitrogens with one attached hydrogen (secondary N) is 1. The molecular weight excluding hydrogens is 530 g/mol. The summed E-state index contributed by atoms with van der Waals surface area (Å²) in [5.41, 5.74) is 13.2. The second-order valence-electron chi connectivity index (χ2n) is 10.6. The van der Waals surface area contributed by atoms with Crippen LogP contribution in [0.1, 0.15) is 43.2 Å². The largest absolute Gasteiger partial charge is 0.358 e. The first-order valence-corrected chi connectivity index (χ1v) is 15.0. The van der Waals surface area contributed by atoms with Gasteiger partial charge in [0, 0.05) is 38.3 Å². The molecule has 0 bridgehead atoms. The average molecular weight is 578 g/mol. The van der Waals surface area contributed by atoms with Crippen LogP contribution in [0.15, 0.2) is 121 Å². The van der Waals surface area contributed by atoms with Crippen LogP contribution < -0.4 is 16.0 Å². The quantitative estimate of drug-likeness (QED) is 0.144. The molecule has 0 aliphatic heterocycles. The van der Waals surface area contributed by atoms with Crippen LogP contribution in [-0.2, 0) is 11.3 Å². The molecule has 0 aromatic heterocycles. The predicted molar refractivity (Wildman–Crippen MR) is 183 cm³/mol. The van der Waals surface area contributed by atoms with E-state index in [9.17, 15) is 4.79 Å². The van der Waals surface area contributed by atoms with Gasteiger partial charge in [-0.3, -0.25) is 9.80 Å². The number of hydrogen-bond donors (Lipinski definition) is 2. The molecule has 1 aliphatic rings. The van der Waals surface area contributed by atoms with Crippen LogP contribution >= 0.6 is 0 Å². The first-order valence-electron chi connectivity index (χ1n) is 15.0. The summed E-state index contributed by atoms with van der Waals surface area (Å²) in [5, 5.41) is 9.80. The van der Waals surface area contributed by atoms with Gasteiger partial charge < -0.3 is 16.0 Å². The Hall–Kier alpha value is -4.42. The van der Waals surface area contributed by atoms with E-state index >= 15 is 0 Å². The number of carbonyl (C=O) groups is 1. The van der Waals surface area contributed by atoms with Crippen LogP contribution in [0.2, 0.25) is 0 Å². The van der Waals surface area contributed by atoms with E-state index in [0.717, 1.165) is 17.9 Å². The standard InChI is InChI=1S/C34H39N3.C3H8N2O/c1-5-17-30(6-2)37(4)33-25-16-15-24-32(33)34(28-20-11-8-12-21-28)35-36(3)26-29-22-13-14-23-31(29)27-18-9-7-10-19-27;1-5-3(6)2-4/h5-7,9-10,13-19,22-25,28H,1-2,8,11-12,20-21,26H2,3-4H3;2,4H2,1H3,(H,5,6)/b30-17+,35-34-;. The molecule has 3 aromatic carbocycles. The van der Waals surface area contributed by atoms with Gasteiger partial charge in [-0.05, 0) is 47.8 Å². The maximum Gasteiger partial charge on any atom is 0.233 e. The Morgan fingerprint density at radius 1 is 0.953 bits per heavy atom. The summed E-state index contributed by atoms with van der Waals surface area (Å²) >= 11 is 0. The van der Waals surface area contributed by atoms with Crippen LogP contribution in [0.3, 0.4) is 0 Å². The van der Waals surface area contributed by atoms with Crippen molar-refractivity contribution in [1.82, 2.24) is 10.3 Å². The first-order chi connectivity index (χ1) is 20.9. The zero-order chi connectivity index (χ0) is 31.0. The predicted octanol–water partition coefficient (Wildman–Crippen LogP) is 7.15. The Labute approximate surface area is 258 Å². The Kier molecular flexibility index (Phi) is 13.5. The minimum Gasteiger partial charge on any atom is -0.358 e. The van der Waals surface area contributed by atoms with Gasteiger partial charge in [0.1, 0.15) is 0 Å². The summed E-state index contributed by atoms with van der Waals surface area (Å²) < 4.78 is 0. The molecule has 3 N–H and O–H groups in total. The second kappa shape index (κ2) is 17.5. The van der Waals surface area contributed by atoms with E-state index in [1.54, 1.807) is 7.05 Å². The van der Waals surface area contributed by atoms with Crippen LogP contribution in [0.5, 0.6) is 0 Å². The zero-order valence-electron chi connectivity index (χ0n) is 26.0. The number of anilines is 1. The molecule has 1 amide bonds. The van der Waals surface area contributed by atoms with Crippen molar-refractivity contribution in [3.8, 4) is 11.1 Å². The lowest BCUT2D eigenvalue weighted by Gasteiger charge is -2.29. The van der Waals surface area contributed by atoms with Gasteiger partial charge in [0.15, 0.2) is 0 Å². The monoisotopic (exact) mass is 577 g/mol. The van der Waals surface area contributed by atoms with Crippen molar-refractivity contribution in [3.05, 3.63) is 127 Å². The lowest BCUT2D eigenvalue weighted by atomic mass is 9.82. The van der Waals surface area contributed by atoms with Crippen LogP contribution in [0, 0.1) is 5.92 Å². The lowest BCUT2D eigenvalue weighted by Crippen LogP contribution is -2.26. The third-order valence-corrected chi connectivity index (χ3v) is 7.66. The summed E-state index contributed by atoms with van der Waals surface area (Å²) in [5.74, 6) is 0.320. The number of likely N-dealkylation sites (N-methyl/N-ethyl adjacent to an activating group) is 2. The van der Waals surface area contributed by atoms with Gasteiger partial charge >= 0.3 is 0 Å². The molecule has 6 nitrogen and oxygen atoms in total. The van der Waals surface area contributed by atoms with Crippen molar-refractivity contribution in [2.75, 3.05) is 32.6 Å². The molecule has 0 radical (unpaired) electrons. The molecule has 0 atom stereocenters. The van der Waals surface area contributed by atoms with Gasteiger partial charge in [-0.15, -0.1) is 0 Å². The Bertz CT molecular complexity index is 1380. The number of amides is 1. The number of rotatable bonds is 11. The van der Waals surface area contributed by atoms with Crippen molar-refractivity contribution in [1.29, 1.82) is 0 Å². The minimum atomic E-state index is -0.130. The fraction of sp³-hybridized carbons (Fsp3) is 0.297. The molecule has 1 aliphatic carbocycles. The third kappa shape index (κ3) is 9.55. The summed E-state index contributed by atoms with van der Waals surface area (Å²) in [6.45, 7) is 8.73. The van der Waals surface area contributed by atoms with Crippen molar-refractivity contribution in [2.45, 2.75) is 38.6 Å². The molecule has 4 rings (SSSR count). The van der Waals surface area contributed by atoms with Crippen LogP contribution in [-0.4, -0.2) is 44.3 Å². The molecule has 3 aromatic rings. The maximum absolute atomic E-state index is 9.94. The molecule has 1 saturated carbocycles. The highest BCUT2D eigenvalue weighted by atomic mass is 16.1. The molecule has 226 valence electrons. The van der Waals surface area contributed by atoms with Crippen molar-refractivity contribution in [3.63, 3.8) is 0 Å². The smallest absolute Gasteiger partial charge is 0.233 e. The van der Waals surface area contributed by atoms with E-state index in [2.05, 4.69) is 121 Å². The first kappa shape index (κ1) is 33.1. The van der Waals surface area contributed by atoms with Gasteiger partial charge in [-0.2, -0.15) is 5.10 Å². The number of carbonyl (C=O) groups excluding carboxylic acids is 1. The van der Waals surface area contributed by atoms with Crippen LogP contribution in [0.4, 0.5) is 5.69 Å². The van der Waals surface area contributed by atoms with E-state index in [4.69, 9.17) is 10.8 Å². The van der Waals surface area contributed by atoms with Gasteiger partial charge in [0.2, 0.25) is 5.91 Å². The number of nitrogens with two attached hydrogens (primary N) is 1. The van der Waals surface area contributed by atoms with Crippen molar-refractivity contribution >= 4 is 17.3 Å². The van der Waals surface area contributed by atoms with E-state index in [-0.39, 0.29) is 12.5 Å². The number of allylic oxidation sites excluding steroid dienone is 3. The summed E-state index contributed by atoms with van der Waals surface area (Å²) in [6.07, 6.45) is 11.9.